The normalized spacial score (nSPS) is 15.1. The minimum absolute atomic E-state index is 0.0657. The summed E-state index contributed by atoms with van der Waals surface area (Å²) in [5, 5.41) is 3.95. The Labute approximate surface area is 127 Å². The van der Waals surface area contributed by atoms with Crippen molar-refractivity contribution in [2.45, 2.75) is 0 Å². The van der Waals surface area contributed by atoms with Gasteiger partial charge in [0.15, 0.2) is 0 Å². The number of hydrogen-bond acceptors (Lipinski definition) is 2. The van der Waals surface area contributed by atoms with Gasteiger partial charge in [-0.05, 0) is 24.3 Å². The number of nitrogens with one attached hydrogen (secondary N) is 2. The van der Waals surface area contributed by atoms with Crippen molar-refractivity contribution in [2.24, 2.45) is 0 Å². The highest BCUT2D eigenvalue weighted by atomic mass is 16.5. The lowest BCUT2D eigenvalue weighted by Gasteiger charge is -2.00. The van der Waals surface area contributed by atoms with Crippen molar-refractivity contribution in [3.8, 4) is 5.75 Å². The van der Waals surface area contributed by atoms with Crippen LogP contribution >= 0.6 is 0 Å². The van der Waals surface area contributed by atoms with E-state index in [4.69, 9.17) is 4.74 Å². The summed E-state index contributed by atoms with van der Waals surface area (Å²) in [7, 11) is 1.65. The lowest BCUT2D eigenvalue weighted by atomic mass is 10.0. The highest BCUT2D eigenvalue weighted by molar-refractivity contribution is 6.35. The smallest absolute Gasteiger partial charge is 0.256 e. The Morgan fingerprint density at radius 2 is 2.00 bits per heavy atom. The van der Waals surface area contributed by atoms with Gasteiger partial charge in [-0.25, -0.2) is 0 Å². The van der Waals surface area contributed by atoms with Crippen molar-refractivity contribution in [3.63, 3.8) is 0 Å². The maximum Gasteiger partial charge on any atom is 0.256 e. The number of amides is 1. The fourth-order valence-corrected chi connectivity index (χ4v) is 2.81. The number of methoxy groups -OCH3 is 1. The molecular formula is C18H14N2O2. The van der Waals surface area contributed by atoms with Gasteiger partial charge >= 0.3 is 0 Å². The molecule has 0 saturated heterocycles. The molecule has 4 heteroatoms. The van der Waals surface area contributed by atoms with E-state index >= 15 is 0 Å². The first-order valence-corrected chi connectivity index (χ1v) is 7.04. The first-order valence-electron chi connectivity index (χ1n) is 7.04. The summed E-state index contributed by atoms with van der Waals surface area (Å²) >= 11 is 0. The highest BCUT2D eigenvalue weighted by Gasteiger charge is 2.23. The summed E-state index contributed by atoms with van der Waals surface area (Å²) in [6.45, 7) is 0. The fourth-order valence-electron chi connectivity index (χ4n) is 2.81. The van der Waals surface area contributed by atoms with Gasteiger partial charge in [0.05, 0.1) is 7.11 Å². The van der Waals surface area contributed by atoms with Crippen LogP contribution in [0.5, 0.6) is 5.75 Å². The number of H-pyrrole nitrogens is 1. The molecule has 1 aliphatic rings. The van der Waals surface area contributed by atoms with Crippen molar-refractivity contribution in [1.29, 1.82) is 0 Å². The molecule has 4 nitrogen and oxygen atoms in total. The number of rotatable bonds is 2. The monoisotopic (exact) mass is 290 g/mol. The molecule has 3 aromatic rings. The van der Waals surface area contributed by atoms with E-state index in [1.165, 1.54) is 0 Å². The molecule has 0 spiro atoms. The van der Waals surface area contributed by atoms with E-state index in [0.717, 1.165) is 33.5 Å². The first kappa shape index (κ1) is 12.7. The molecule has 2 heterocycles. The van der Waals surface area contributed by atoms with Crippen LogP contribution in [0.4, 0.5) is 5.69 Å². The summed E-state index contributed by atoms with van der Waals surface area (Å²) < 4.78 is 5.23. The summed E-state index contributed by atoms with van der Waals surface area (Å²) in [4.78, 5) is 15.4. The number of aromatic nitrogens is 1. The number of para-hydroxylation sites is 1. The maximum absolute atomic E-state index is 12.2. The van der Waals surface area contributed by atoms with Crippen molar-refractivity contribution in [2.75, 3.05) is 12.4 Å². The van der Waals surface area contributed by atoms with Gasteiger partial charge in [0.2, 0.25) is 0 Å². The third-order valence-electron chi connectivity index (χ3n) is 3.93. The molecule has 0 fully saturated rings. The van der Waals surface area contributed by atoms with Gasteiger partial charge in [0.1, 0.15) is 5.75 Å². The summed E-state index contributed by atoms with van der Waals surface area (Å²) in [6.07, 6.45) is 3.83. The van der Waals surface area contributed by atoms with Crippen molar-refractivity contribution in [3.05, 3.63) is 59.8 Å². The number of hydrogen-bond donors (Lipinski definition) is 2. The predicted octanol–water partition coefficient (Wildman–Crippen LogP) is 3.67. The van der Waals surface area contributed by atoms with Crippen molar-refractivity contribution in [1.82, 2.24) is 4.98 Å². The highest BCUT2D eigenvalue weighted by Crippen LogP contribution is 2.34. The van der Waals surface area contributed by atoms with E-state index in [-0.39, 0.29) is 5.91 Å². The molecule has 0 radical (unpaired) electrons. The molecule has 22 heavy (non-hydrogen) atoms. The van der Waals surface area contributed by atoms with Crippen LogP contribution in [0, 0.1) is 0 Å². The topological polar surface area (TPSA) is 54.1 Å². The lowest BCUT2D eigenvalue weighted by Crippen LogP contribution is -2.03. The Kier molecular flexibility index (Phi) is 2.76. The second-order valence-electron chi connectivity index (χ2n) is 5.21. The van der Waals surface area contributed by atoms with Crippen LogP contribution in [-0.4, -0.2) is 18.0 Å². The largest absolute Gasteiger partial charge is 0.497 e. The fraction of sp³-hybridized carbons (Fsp3) is 0.0556. The molecule has 1 aliphatic heterocycles. The average Bonchev–Trinajstić information content (AvgIpc) is 3.09. The zero-order valence-corrected chi connectivity index (χ0v) is 12.0. The second kappa shape index (κ2) is 4.77. The zero-order valence-electron chi connectivity index (χ0n) is 12.0. The van der Waals surface area contributed by atoms with E-state index in [1.54, 1.807) is 7.11 Å². The van der Waals surface area contributed by atoms with Gasteiger partial charge in [0.25, 0.3) is 5.91 Å². The molecule has 0 saturated carbocycles. The van der Waals surface area contributed by atoms with Gasteiger partial charge in [0, 0.05) is 45.6 Å². The molecule has 4 rings (SSSR count). The number of carbonyl (C=O) groups is 1. The summed E-state index contributed by atoms with van der Waals surface area (Å²) in [6, 6.07) is 13.6. The van der Waals surface area contributed by atoms with Crippen LogP contribution in [0.1, 0.15) is 11.1 Å². The number of ether oxygens (including phenoxy) is 1. The summed E-state index contributed by atoms with van der Waals surface area (Å²) in [5.74, 6) is 0.738. The molecule has 1 aromatic heterocycles. The van der Waals surface area contributed by atoms with Gasteiger partial charge in [-0.1, -0.05) is 18.2 Å². The summed E-state index contributed by atoms with van der Waals surface area (Å²) in [5.41, 5.74) is 4.46. The standard InChI is InChI=1S/C18H14N2O2/c1-22-12-6-7-13-11(10-19-17(13)9-12)8-15-14-4-2-3-5-16(14)20-18(15)21/h2-10,19H,1H3,(H,20,21)/b15-8-. The maximum atomic E-state index is 12.2. The van der Waals surface area contributed by atoms with Gasteiger partial charge in [-0.3, -0.25) is 4.79 Å². The van der Waals surface area contributed by atoms with Crippen LogP contribution in [0.15, 0.2) is 48.7 Å². The van der Waals surface area contributed by atoms with Gasteiger partial charge in [-0.2, -0.15) is 0 Å². The molecule has 2 N–H and O–H groups in total. The minimum Gasteiger partial charge on any atom is -0.497 e. The Hall–Kier alpha value is -3.01. The average molecular weight is 290 g/mol. The van der Waals surface area contributed by atoms with Crippen molar-refractivity contribution < 1.29 is 9.53 Å². The molecule has 2 aromatic carbocycles. The molecule has 1 amide bonds. The molecule has 0 atom stereocenters. The Balaban J connectivity index is 1.85. The third kappa shape index (κ3) is 1.89. The van der Waals surface area contributed by atoms with Crippen LogP contribution in [0.2, 0.25) is 0 Å². The number of carbonyl (C=O) groups excluding carboxylic acids is 1. The quantitative estimate of drug-likeness (QED) is 0.707. The van der Waals surface area contributed by atoms with Crippen LogP contribution < -0.4 is 10.1 Å². The van der Waals surface area contributed by atoms with E-state index in [2.05, 4.69) is 10.3 Å². The molecule has 108 valence electrons. The van der Waals surface area contributed by atoms with E-state index in [9.17, 15) is 4.79 Å². The van der Waals surface area contributed by atoms with Crippen LogP contribution in [0.25, 0.3) is 22.6 Å². The zero-order chi connectivity index (χ0) is 15.1. The molecule has 0 bridgehead atoms. The lowest BCUT2D eigenvalue weighted by molar-refractivity contribution is -0.110. The van der Waals surface area contributed by atoms with E-state index in [0.29, 0.717) is 5.57 Å². The molecule has 0 unspecified atom stereocenters. The third-order valence-corrected chi connectivity index (χ3v) is 3.93. The van der Waals surface area contributed by atoms with E-state index < -0.39 is 0 Å². The number of fused-ring (bicyclic) bond motifs is 2. The molecule has 0 aliphatic carbocycles. The number of anilines is 1. The predicted molar refractivity (Wildman–Crippen MR) is 87.8 cm³/mol. The Bertz CT molecular complexity index is 922. The number of benzene rings is 2. The second-order valence-corrected chi connectivity index (χ2v) is 5.21. The van der Waals surface area contributed by atoms with E-state index in [1.807, 2.05) is 54.7 Å². The Morgan fingerprint density at radius 1 is 1.14 bits per heavy atom. The van der Waals surface area contributed by atoms with Gasteiger partial charge < -0.3 is 15.0 Å². The SMILES string of the molecule is COc1ccc2c(/C=C3\C(=O)Nc4ccccc43)c[nH]c2c1. The van der Waals surface area contributed by atoms with Crippen LogP contribution in [0.3, 0.4) is 0 Å². The Morgan fingerprint density at radius 3 is 2.86 bits per heavy atom. The molecular weight excluding hydrogens is 276 g/mol. The number of aromatic amines is 1. The van der Waals surface area contributed by atoms with Crippen molar-refractivity contribution >= 4 is 34.1 Å². The van der Waals surface area contributed by atoms with Gasteiger partial charge in [-0.15, -0.1) is 0 Å². The van der Waals surface area contributed by atoms with Crippen LogP contribution in [-0.2, 0) is 4.79 Å². The minimum atomic E-state index is -0.0657. The first-order chi connectivity index (χ1) is 10.8.